The van der Waals surface area contributed by atoms with Crippen molar-refractivity contribution in [2.24, 2.45) is 0 Å². The van der Waals surface area contributed by atoms with Crippen LogP contribution in [0, 0.1) is 23.3 Å². The van der Waals surface area contributed by atoms with Gasteiger partial charge in [-0.3, -0.25) is 0 Å². The summed E-state index contributed by atoms with van der Waals surface area (Å²) in [6.07, 6.45) is -1.76. The minimum atomic E-state index is -1.76. The molecule has 2 rings (SSSR count). The van der Waals surface area contributed by atoms with E-state index in [2.05, 4.69) is 0 Å². The smallest absolute Gasteiger partial charge is 0.194 e. The Morgan fingerprint density at radius 2 is 1.47 bits per heavy atom. The van der Waals surface area contributed by atoms with Crippen molar-refractivity contribution in [2.45, 2.75) is 6.10 Å². The van der Waals surface area contributed by atoms with Crippen molar-refractivity contribution in [1.29, 1.82) is 0 Å². The molecule has 0 aliphatic heterocycles. The van der Waals surface area contributed by atoms with Gasteiger partial charge in [0.25, 0.3) is 0 Å². The number of aliphatic hydroxyl groups is 1. The number of benzene rings is 2. The Kier molecular flexibility index (Phi) is 3.78. The van der Waals surface area contributed by atoms with Crippen LogP contribution >= 0.6 is 11.6 Å². The van der Waals surface area contributed by atoms with E-state index in [9.17, 15) is 22.7 Å². The first-order valence-electron chi connectivity index (χ1n) is 5.18. The van der Waals surface area contributed by atoms with Gasteiger partial charge in [0.2, 0.25) is 0 Å². The second-order valence-electron chi connectivity index (χ2n) is 3.83. The summed E-state index contributed by atoms with van der Waals surface area (Å²) in [5, 5.41) is 9.94. The number of hydrogen-bond acceptors (Lipinski definition) is 1. The van der Waals surface area contributed by atoms with Crippen molar-refractivity contribution in [3.05, 3.63) is 69.8 Å². The van der Waals surface area contributed by atoms with Gasteiger partial charge in [0.1, 0.15) is 11.9 Å². The minimum Gasteiger partial charge on any atom is -0.383 e. The zero-order valence-electron chi connectivity index (χ0n) is 9.30. The van der Waals surface area contributed by atoms with E-state index in [1.807, 2.05) is 0 Å². The lowest BCUT2D eigenvalue weighted by atomic mass is 10.0. The highest BCUT2D eigenvalue weighted by atomic mass is 35.5. The fraction of sp³-hybridized carbons (Fsp3) is 0.0769. The molecule has 2 aromatic rings. The molecule has 0 amide bonds. The quantitative estimate of drug-likeness (QED) is 0.655. The summed E-state index contributed by atoms with van der Waals surface area (Å²) >= 11 is 5.54. The fourth-order valence-corrected chi connectivity index (χ4v) is 1.80. The molecule has 0 spiro atoms. The Morgan fingerprint density at radius 1 is 0.842 bits per heavy atom. The molecule has 2 aromatic carbocycles. The van der Waals surface area contributed by atoms with Crippen LogP contribution in [0.1, 0.15) is 17.2 Å². The first-order chi connectivity index (χ1) is 8.91. The molecule has 0 aliphatic rings. The molecule has 0 radical (unpaired) electrons. The van der Waals surface area contributed by atoms with Gasteiger partial charge in [0.05, 0.1) is 0 Å². The largest absolute Gasteiger partial charge is 0.383 e. The third-order valence-electron chi connectivity index (χ3n) is 2.62. The third kappa shape index (κ3) is 2.57. The predicted octanol–water partition coefficient (Wildman–Crippen LogP) is 3.98. The lowest BCUT2D eigenvalue weighted by molar-refractivity contribution is 0.207. The monoisotopic (exact) mass is 290 g/mol. The summed E-state index contributed by atoms with van der Waals surface area (Å²) < 4.78 is 52.9. The minimum absolute atomic E-state index is 0.0965. The summed E-state index contributed by atoms with van der Waals surface area (Å²) in [6, 6.07) is 4.87. The molecule has 0 aliphatic carbocycles. The summed E-state index contributed by atoms with van der Waals surface area (Å²) in [6.45, 7) is 0. The molecule has 100 valence electrons. The van der Waals surface area contributed by atoms with Crippen LogP contribution in [-0.4, -0.2) is 5.11 Å². The maximum Gasteiger partial charge on any atom is 0.194 e. The zero-order valence-corrected chi connectivity index (χ0v) is 10.1. The second kappa shape index (κ2) is 5.19. The van der Waals surface area contributed by atoms with Gasteiger partial charge >= 0.3 is 0 Å². The number of rotatable bonds is 2. The molecule has 1 atom stereocenters. The van der Waals surface area contributed by atoms with Crippen molar-refractivity contribution in [3.8, 4) is 0 Å². The third-order valence-corrected chi connectivity index (χ3v) is 2.85. The van der Waals surface area contributed by atoms with Gasteiger partial charge in [-0.2, -0.15) is 0 Å². The molecule has 1 nitrogen and oxygen atoms in total. The SMILES string of the molecule is OC(c1ccc(Cl)cc1F)c1ccc(F)c(F)c1F. The van der Waals surface area contributed by atoms with Crippen molar-refractivity contribution >= 4 is 11.6 Å². The van der Waals surface area contributed by atoms with Crippen molar-refractivity contribution in [1.82, 2.24) is 0 Å². The topological polar surface area (TPSA) is 20.2 Å². The first kappa shape index (κ1) is 13.8. The highest BCUT2D eigenvalue weighted by molar-refractivity contribution is 6.30. The highest BCUT2D eigenvalue weighted by Crippen LogP contribution is 2.29. The molecule has 0 heterocycles. The average Bonchev–Trinajstić information content (AvgIpc) is 2.35. The lowest BCUT2D eigenvalue weighted by Gasteiger charge is -2.14. The second-order valence-corrected chi connectivity index (χ2v) is 4.27. The van der Waals surface area contributed by atoms with Crippen molar-refractivity contribution in [2.75, 3.05) is 0 Å². The Labute approximate surface area is 111 Å². The van der Waals surface area contributed by atoms with E-state index in [0.717, 1.165) is 18.2 Å². The molecular formula is C13H7ClF4O. The van der Waals surface area contributed by atoms with Crippen LogP contribution in [0.15, 0.2) is 30.3 Å². The zero-order chi connectivity index (χ0) is 14.2. The standard InChI is InChI=1S/C13H7ClF4O/c14-6-1-2-7(10(16)5-6)13(19)8-3-4-9(15)12(18)11(8)17/h1-5,13,19H. The summed E-state index contributed by atoms with van der Waals surface area (Å²) in [5.41, 5.74) is -0.838. The average molecular weight is 291 g/mol. The Bertz CT molecular complexity index is 630. The molecule has 0 aromatic heterocycles. The maximum absolute atomic E-state index is 13.6. The van der Waals surface area contributed by atoms with E-state index in [0.29, 0.717) is 6.07 Å². The summed E-state index contributed by atoms with van der Waals surface area (Å²) in [7, 11) is 0. The Morgan fingerprint density at radius 3 is 2.11 bits per heavy atom. The molecule has 0 saturated heterocycles. The van der Waals surface area contributed by atoms with E-state index < -0.39 is 34.9 Å². The fourth-order valence-electron chi connectivity index (χ4n) is 1.64. The molecule has 0 bridgehead atoms. The van der Waals surface area contributed by atoms with Crippen LogP contribution in [-0.2, 0) is 0 Å². The van der Waals surface area contributed by atoms with E-state index >= 15 is 0 Å². The van der Waals surface area contributed by atoms with Crippen molar-refractivity contribution in [3.63, 3.8) is 0 Å². The van der Waals surface area contributed by atoms with Crippen LogP contribution in [0.3, 0.4) is 0 Å². The summed E-state index contributed by atoms with van der Waals surface area (Å²) in [5.74, 6) is -5.53. The van der Waals surface area contributed by atoms with Crippen LogP contribution in [0.4, 0.5) is 17.6 Å². The predicted molar refractivity (Wildman–Crippen MR) is 61.8 cm³/mol. The van der Waals surface area contributed by atoms with E-state index in [-0.39, 0.29) is 10.6 Å². The van der Waals surface area contributed by atoms with Gasteiger partial charge in [-0.25, -0.2) is 17.6 Å². The van der Waals surface area contributed by atoms with Gasteiger partial charge in [-0.15, -0.1) is 0 Å². The van der Waals surface area contributed by atoms with Gasteiger partial charge in [0.15, 0.2) is 17.5 Å². The van der Waals surface area contributed by atoms with Crippen molar-refractivity contribution < 1.29 is 22.7 Å². The molecular weight excluding hydrogens is 284 g/mol. The molecule has 1 unspecified atom stereocenters. The van der Waals surface area contributed by atoms with Gasteiger partial charge in [0, 0.05) is 16.1 Å². The van der Waals surface area contributed by atoms with E-state index in [1.165, 1.54) is 6.07 Å². The number of aliphatic hydroxyl groups excluding tert-OH is 1. The van der Waals surface area contributed by atoms with Gasteiger partial charge in [-0.1, -0.05) is 23.7 Å². The normalized spacial score (nSPS) is 12.5. The lowest BCUT2D eigenvalue weighted by Crippen LogP contribution is -2.07. The van der Waals surface area contributed by atoms with E-state index in [1.54, 1.807) is 0 Å². The van der Waals surface area contributed by atoms with Crippen LogP contribution in [0.2, 0.25) is 5.02 Å². The maximum atomic E-state index is 13.6. The van der Waals surface area contributed by atoms with Gasteiger partial charge < -0.3 is 5.11 Å². The molecule has 0 fully saturated rings. The van der Waals surface area contributed by atoms with Crippen LogP contribution in [0.5, 0.6) is 0 Å². The van der Waals surface area contributed by atoms with Crippen LogP contribution in [0.25, 0.3) is 0 Å². The number of hydrogen-bond donors (Lipinski definition) is 1. The van der Waals surface area contributed by atoms with Gasteiger partial charge in [-0.05, 0) is 18.2 Å². The van der Waals surface area contributed by atoms with E-state index in [4.69, 9.17) is 11.6 Å². The Balaban J connectivity index is 2.50. The highest BCUT2D eigenvalue weighted by Gasteiger charge is 2.22. The first-order valence-corrected chi connectivity index (χ1v) is 5.56. The van der Waals surface area contributed by atoms with Crippen LogP contribution < -0.4 is 0 Å². The molecule has 6 heteroatoms. The number of halogens is 5. The molecule has 19 heavy (non-hydrogen) atoms. The summed E-state index contributed by atoms with van der Waals surface area (Å²) in [4.78, 5) is 0. The molecule has 0 saturated carbocycles. The molecule has 1 N–H and O–H groups in total. The Hall–Kier alpha value is -1.59.